The Morgan fingerprint density at radius 3 is 2.93 bits per heavy atom. The zero-order valence-corrected chi connectivity index (χ0v) is 16.4. The molecule has 1 aliphatic rings. The van der Waals surface area contributed by atoms with E-state index in [2.05, 4.69) is 33.0 Å². The predicted octanol–water partition coefficient (Wildman–Crippen LogP) is 3.57. The minimum atomic E-state index is -0.464. The highest BCUT2D eigenvalue weighted by Gasteiger charge is 2.23. The summed E-state index contributed by atoms with van der Waals surface area (Å²) in [6.07, 6.45) is 3.37. The Balaban J connectivity index is 1.50. The van der Waals surface area contributed by atoms with Crippen molar-refractivity contribution in [3.63, 3.8) is 0 Å². The lowest BCUT2D eigenvalue weighted by Gasteiger charge is -2.25. The SMILES string of the molecule is COc1ccc2c(c1)CCCC2CC(=O)Nc1ccc(F)c(-n2nnnc2C)c1. The highest BCUT2D eigenvalue weighted by Crippen LogP contribution is 2.36. The van der Waals surface area contributed by atoms with Gasteiger partial charge in [-0.1, -0.05) is 6.07 Å². The molecule has 1 aromatic heterocycles. The van der Waals surface area contributed by atoms with E-state index in [9.17, 15) is 9.18 Å². The molecule has 2 aromatic carbocycles. The Labute approximate surface area is 167 Å². The summed E-state index contributed by atoms with van der Waals surface area (Å²) in [5.74, 6) is 0.886. The fourth-order valence-electron chi connectivity index (χ4n) is 3.87. The average Bonchev–Trinajstić information content (AvgIpc) is 3.15. The van der Waals surface area contributed by atoms with Crippen molar-refractivity contribution in [3.8, 4) is 11.4 Å². The van der Waals surface area contributed by atoms with Crippen LogP contribution in [0.3, 0.4) is 0 Å². The van der Waals surface area contributed by atoms with E-state index < -0.39 is 5.82 Å². The van der Waals surface area contributed by atoms with Crippen LogP contribution in [0.2, 0.25) is 0 Å². The van der Waals surface area contributed by atoms with Gasteiger partial charge in [-0.05, 0) is 84.0 Å². The second-order valence-corrected chi connectivity index (χ2v) is 7.21. The third kappa shape index (κ3) is 3.96. The van der Waals surface area contributed by atoms with Gasteiger partial charge in [0.2, 0.25) is 5.91 Å². The molecular formula is C21H22FN5O2. The van der Waals surface area contributed by atoms with Crippen LogP contribution in [-0.4, -0.2) is 33.2 Å². The van der Waals surface area contributed by atoms with Gasteiger partial charge in [0.25, 0.3) is 0 Å². The summed E-state index contributed by atoms with van der Waals surface area (Å²) in [6, 6.07) is 10.4. The fourth-order valence-corrected chi connectivity index (χ4v) is 3.87. The molecule has 29 heavy (non-hydrogen) atoms. The number of amides is 1. The van der Waals surface area contributed by atoms with Gasteiger partial charge in [-0.2, -0.15) is 4.68 Å². The van der Waals surface area contributed by atoms with Crippen LogP contribution in [0.25, 0.3) is 5.69 Å². The minimum absolute atomic E-state index is 0.107. The lowest BCUT2D eigenvalue weighted by atomic mass is 9.81. The molecule has 0 saturated carbocycles. The second kappa shape index (κ2) is 7.98. The van der Waals surface area contributed by atoms with Crippen LogP contribution in [0, 0.1) is 12.7 Å². The van der Waals surface area contributed by atoms with Crippen LogP contribution in [-0.2, 0) is 11.2 Å². The number of fused-ring (bicyclic) bond motifs is 1. The maximum Gasteiger partial charge on any atom is 0.224 e. The van der Waals surface area contributed by atoms with E-state index in [4.69, 9.17) is 4.74 Å². The number of benzene rings is 2. The van der Waals surface area contributed by atoms with Crippen LogP contribution in [0.1, 0.15) is 42.1 Å². The smallest absolute Gasteiger partial charge is 0.224 e. The van der Waals surface area contributed by atoms with E-state index in [1.807, 2.05) is 6.07 Å². The number of hydrogen-bond acceptors (Lipinski definition) is 5. The number of aromatic nitrogens is 4. The van der Waals surface area contributed by atoms with Gasteiger partial charge in [0, 0.05) is 12.1 Å². The number of tetrazole rings is 1. The van der Waals surface area contributed by atoms with Gasteiger partial charge in [-0.25, -0.2) is 4.39 Å². The Kier molecular flexibility index (Phi) is 5.24. The number of nitrogens with one attached hydrogen (secondary N) is 1. The monoisotopic (exact) mass is 395 g/mol. The summed E-state index contributed by atoms with van der Waals surface area (Å²) in [6.45, 7) is 1.68. The Morgan fingerprint density at radius 1 is 1.31 bits per heavy atom. The molecule has 0 fully saturated rings. The molecule has 3 aromatic rings. The summed E-state index contributed by atoms with van der Waals surface area (Å²) in [5.41, 5.74) is 3.15. The van der Waals surface area contributed by atoms with Gasteiger partial charge < -0.3 is 10.1 Å². The fraction of sp³-hybridized carbons (Fsp3) is 0.333. The molecule has 4 rings (SSSR count). The van der Waals surface area contributed by atoms with Crippen molar-refractivity contribution in [1.82, 2.24) is 20.2 Å². The Bertz CT molecular complexity index is 1050. The molecule has 1 atom stereocenters. The third-order valence-electron chi connectivity index (χ3n) is 5.30. The van der Waals surface area contributed by atoms with Gasteiger partial charge in [0.15, 0.2) is 5.82 Å². The summed E-state index contributed by atoms with van der Waals surface area (Å²) < 4.78 is 20.8. The molecule has 1 amide bonds. The molecule has 0 radical (unpaired) electrons. The molecule has 1 aliphatic carbocycles. The number of carbonyl (C=O) groups excluding carboxylic acids is 1. The standard InChI is InChI=1S/C21H22FN5O2/c1-13-24-25-26-27(13)20-12-16(6-9-19(20)22)23-21(28)11-15-5-3-4-14-10-17(29-2)7-8-18(14)15/h6-10,12,15H,3-5,11H2,1-2H3,(H,23,28). The second-order valence-electron chi connectivity index (χ2n) is 7.21. The first kappa shape index (κ1) is 19.0. The van der Waals surface area contributed by atoms with E-state index in [1.165, 1.54) is 34.0 Å². The number of halogens is 1. The molecule has 7 nitrogen and oxygen atoms in total. The molecule has 1 unspecified atom stereocenters. The van der Waals surface area contributed by atoms with Crippen molar-refractivity contribution in [3.05, 3.63) is 59.2 Å². The number of aryl methyl sites for hydroxylation is 2. The maximum absolute atomic E-state index is 14.2. The predicted molar refractivity (Wildman–Crippen MR) is 106 cm³/mol. The number of nitrogens with zero attached hydrogens (tertiary/aromatic N) is 4. The first-order valence-corrected chi connectivity index (χ1v) is 9.56. The van der Waals surface area contributed by atoms with Crippen molar-refractivity contribution >= 4 is 11.6 Å². The van der Waals surface area contributed by atoms with E-state index in [0.29, 0.717) is 17.9 Å². The molecule has 0 spiro atoms. The van der Waals surface area contributed by atoms with E-state index in [1.54, 1.807) is 14.0 Å². The van der Waals surface area contributed by atoms with E-state index in [-0.39, 0.29) is 17.5 Å². The minimum Gasteiger partial charge on any atom is -0.497 e. The van der Waals surface area contributed by atoms with Crippen LogP contribution < -0.4 is 10.1 Å². The number of ether oxygens (including phenoxy) is 1. The summed E-state index contributed by atoms with van der Waals surface area (Å²) >= 11 is 0. The van der Waals surface area contributed by atoms with Gasteiger partial charge in [-0.15, -0.1) is 5.10 Å². The maximum atomic E-state index is 14.2. The van der Waals surface area contributed by atoms with Crippen molar-refractivity contribution in [2.24, 2.45) is 0 Å². The van der Waals surface area contributed by atoms with Crippen molar-refractivity contribution < 1.29 is 13.9 Å². The number of hydrogen-bond donors (Lipinski definition) is 1. The topological polar surface area (TPSA) is 81.9 Å². The average molecular weight is 395 g/mol. The molecule has 1 N–H and O–H groups in total. The van der Waals surface area contributed by atoms with Crippen molar-refractivity contribution in [2.45, 2.75) is 38.5 Å². The first-order chi connectivity index (χ1) is 14.0. The quantitative estimate of drug-likeness (QED) is 0.714. The lowest BCUT2D eigenvalue weighted by Crippen LogP contribution is -2.19. The summed E-state index contributed by atoms with van der Waals surface area (Å²) in [7, 11) is 1.66. The van der Waals surface area contributed by atoms with Gasteiger partial charge in [0.1, 0.15) is 17.3 Å². The number of methoxy groups -OCH3 is 1. The van der Waals surface area contributed by atoms with E-state index in [0.717, 1.165) is 25.0 Å². The van der Waals surface area contributed by atoms with Crippen molar-refractivity contribution in [2.75, 3.05) is 12.4 Å². The highest BCUT2D eigenvalue weighted by atomic mass is 19.1. The summed E-state index contributed by atoms with van der Waals surface area (Å²) in [4.78, 5) is 12.7. The Morgan fingerprint density at radius 2 is 2.17 bits per heavy atom. The molecular weight excluding hydrogens is 373 g/mol. The molecule has 0 aliphatic heterocycles. The largest absolute Gasteiger partial charge is 0.497 e. The Hall–Kier alpha value is -3.29. The molecule has 0 saturated heterocycles. The highest BCUT2D eigenvalue weighted by molar-refractivity contribution is 5.91. The first-order valence-electron chi connectivity index (χ1n) is 9.56. The lowest BCUT2D eigenvalue weighted by molar-refractivity contribution is -0.116. The number of anilines is 1. The van der Waals surface area contributed by atoms with Crippen LogP contribution in [0.5, 0.6) is 5.75 Å². The summed E-state index contributed by atoms with van der Waals surface area (Å²) in [5, 5.41) is 14.0. The zero-order chi connectivity index (χ0) is 20.4. The van der Waals surface area contributed by atoms with Gasteiger partial charge in [-0.3, -0.25) is 4.79 Å². The zero-order valence-electron chi connectivity index (χ0n) is 16.4. The van der Waals surface area contributed by atoms with Crippen LogP contribution in [0.15, 0.2) is 36.4 Å². The van der Waals surface area contributed by atoms with Crippen LogP contribution in [0.4, 0.5) is 10.1 Å². The molecule has 8 heteroatoms. The van der Waals surface area contributed by atoms with Gasteiger partial charge in [0.05, 0.1) is 7.11 Å². The molecule has 150 valence electrons. The number of rotatable bonds is 5. The third-order valence-corrected chi connectivity index (χ3v) is 5.30. The number of carbonyl (C=O) groups is 1. The normalized spacial score (nSPS) is 15.6. The van der Waals surface area contributed by atoms with Crippen molar-refractivity contribution in [1.29, 1.82) is 0 Å². The molecule has 0 bridgehead atoms. The molecule has 1 heterocycles. The van der Waals surface area contributed by atoms with Gasteiger partial charge >= 0.3 is 0 Å². The van der Waals surface area contributed by atoms with E-state index >= 15 is 0 Å². The van der Waals surface area contributed by atoms with Crippen LogP contribution >= 0.6 is 0 Å².